The van der Waals surface area contributed by atoms with E-state index in [0.717, 1.165) is 10.9 Å². The van der Waals surface area contributed by atoms with Crippen molar-refractivity contribution in [3.8, 4) is 0 Å². The number of aliphatic carboxylic acids is 1. The minimum absolute atomic E-state index is 0. The van der Waals surface area contributed by atoms with Crippen molar-refractivity contribution in [2.75, 3.05) is 0 Å². The third-order valence-corrected chi connectivity index (χ3v) is 3.85. The fraction of sp³-hybridized carbons (Fsp3) is 0.417. The van der Waals surface area contributed by atoms with Crippen molar-refractivity contribution >= 4 is 34.3 Å². The molecule has 1 aromatic rings. The Balaban J connectivity index is 0.00000144. The predicted molar refractivity (Wildman–Crippen MR) is 76.2 cm³/mol. The van der Waals surface area contributed by atoms with Crippen LogP contribution in [0.5, 0.6) is 0 Å². The van der Waals surface area contributed by atoms with Crippen LogP contribution in [-0.2, 0) is 4.79 Å². The smallest absolute Gasteiger partial charge is 0.323 e. The molecule has 1 saturated carbocycles. The third kappa shape index (κ3) is 3.45. The van der Waals surface area contributed by atoms with Crippen molar-refractivity contribution in [3.63, 3.8) is 0 Å². The fourth-order valence-electron chi connectivity index (χ4n) is 2.29. The summed E-state index contributed by atoms with van der Waals surface area (Å²) in [6.45, 7) is 0. The van der Waals surface area contributed by atoms with Gasteiger partial charge in [-0.2, -0.15) is 0 Å². The van der Waals surface area contributed by atoms with Gasteiger partial charge in [0.15, 0.2) is 0 Å². The van der Waals surface area contributed by atoms with E-state index in [-0.39, 0.29) is 23.8 Å². The van der Waals surface area contributed by atoms with Gasteiger partial charge in [-0.3, -0.25) is 4.79 Å². The van der Waals surface area contributed by atoms with Gasteiger partial charge in [-0.05, 0) is 42.9 Å². The normalized spacial score (nSPS) is 26.0. The van der Waals surface area contributed by atoms with Crippen LogP contribution < -0.4 is 5.73 Å². The average Bonchev–Trinajstić information content (AvgIpc) is 2.63. The number of rotatable bonds is 2. The quantitative estimate of drug-likeness (QED) is 0.864. The second-order valence-electron chi connectivity index (χ2n) is 4.45. The maximum absolute atomic E-state index is 11.0. The van der Waals surface area contributed by atoms with Crippen LogP contribution >= 0.6 is 28.3 Å². The Bertz CT molecular complexity index is 412. The Kier molecular flexibility index (Phi) is 6.29. The predicted octanol–water partition coefficient (Wildman–Crippen LogP) is 2.10. The summed E-state index contributed by atoms with van der Waals surface area (Å²) >= 11 is 3.38. The van der Waals surface area contributed by atoms with E-state index in [4.69, 9.17) is 10.8 Å². The van der Waals surface area contributed by atoms with Crippen LogP contribution in [0, 0.1) is 0 Å². The van der Waals surface area contributed by atoms with E-state index in [1.807, 2.05) is 24.3 Å². The lowest BCUT2D eigenvalue weighted by molar-refractivity contribution is -0.143. The van der Waals surface area contributed by atoms with Crippen molar-refractivity contribution in [3.05, 3.63) is 34.3 Å². The highest BCUT2D eigenvalue weighted by atomic mass is 79.9. The van der Waals surface area contributed by atoms with Gasteiger partial charge in [-0.1, -0.05) is 28.1 Å². The number of halogens is 2. The number of carboxylic acid groups (broad SMARTS) is 1. The van der Waals surface area contributed by atoms with Crippen LogP contribution in [0.25, 0.3) is 0 Å². The first kappa shape index (κ1) is 17.4. The molecule has 1 aliphatic carbocycles. The third-order valence-electron chi connectivity index (χ3n) is 3.32. The highest BCUT2D eigenvalue weighted by Gasteiger charge is 2.42. The van der Waals surface area contributed by atoms with Crippen LogP contribution in [0.15, 0.2) is 28.7 Å². The van der Waals surface area contributed by atoms with Crippen LogP contribution in [0.4, 0.5) is 0 Å². The Morgan fingerprint density at radius 1 is 1.39 bits per heavy atom. The zero-order valence-electron chi connectivity index (χ0n) is 9.73. The van der Waals surface area contributed by atoms with E-state index in [2.05, 4.69) is 15.9 Å². The second-order valence-corrected chi connectivity index (χ2v) is 5.37. The first-order valence-corrected chi connectivity index (χ1v) is 6.08. The Labute approximate surface area is 120 Å². The zero-order valence-corrected chi connectivity index (χ0v) is 12.1. The van der Waals surface area contributed by atoms with Gasteiger partial charge in [0.1, 0.15) is 5.54 Å². The monoisotopic (exact) mass is 337 g/mol. The van der Waals surface area contributed by atoms with Gasteiger partial charge in [0.25, 0.3) is 0 Å². The molecule has 1 fully saturated rings. The summed E-state index contributed by atoms with van der Waals surface area (Å²) in [5.41, 5.74) is 6.00. The molecule has 0 bridgehead atoms. The summed E-state index contributed by atoms with van der Waals surface area (Å²) in [5, 5.41) is 9.05. The standard InChI is InChI=1S/C12H14BrNO2.ClH.H2O/c13-10-3-1-8(2-4-10)9-5-6-12(14,7-9)11(15)16;;/h1-4,9H,5-7,14H2,(H,15,16);1H;1H2. The average molecular weight is 339 g/mol. The molecule has 6 heteroatoms. The van der Waals surface area contributed by atoms with Gasteiger partial charge in [0.2, 0.25) is 0 Å². The molecule has 2 unspecified atom stereocenters. The van der Waals surface area contributed by atoms with E-state index in [1.165, 1.54) is 5.56 Å². The Morgan fingerprint density at radius 3 is 2.39 bits per heavy atom. The van der Waals surface area contributed by atoms with Gasteiger partial charge >= 0.3 is 5.97 Å². The maximum Gasteiger partial charge on any atom is 0.323 e. The molecule has 0 aliphatic heterocycles. The summed E-state index contributed by atoms with van der Waals surface area (Å²) in [6, 6.07) is 8.02. The van der Waals surface area contributed by atoms with E-state index >= 15 is 0 Å². The van der Waals surface area contributed by atoms with E-state index in [9.17, 15) is 4.79 Å². The van der Waals surface area contributed by atoms with E-state index in [1.54, 1.807) is 0 Å². The largest absolute Gasteiger partial charge is 0.480 e. The van der Waals surface area contributed by atoms with E-state index < -0.39 is 11.5 Å². The molecule has 0 spiro atoms. The van der Waals surface area contributed by atoms with E-state index in [0.29, 0.717) is 12.8 Å². The minimum Gasteiger partial charge on any atom is -0.480 e. The van der Waals surface area contributed by atoms with Crippen molar-refractivity contribution in [2.45, 2.75) is 30.7 Å². The molecule has 5 N–H and O–H groups in total. The highest BCUT2D eigenvalue weighted by molar-refractivity contribution is 9.10. The van der Waals surface area contributed by atoms with Gasteiger partial charge in [0.05, 0.1) is 0 Å². The molecule has 0 aromatic heterocycles. The minimum atomic E-state index is -1.03. The summed E-state index contributed by atoms with van der Waals surface area (Å²) < 4.78 is 1.03. The molecule has 2 rings (SSSR count). The molecular weight excluding hydrogens is 321 g/mol. The molecule has 18 heavy (non-hydrogen) atoms. The number of benzene rings is 1. The Morgan fingerprint density at radius 2 is 1.94 bits per heavy atom. The first-order valence-electron chi connectivity index (χ1n) is 5.29. The topological polar surface area (TPSA) is 94.8 Å². The first-order chi connectivity index (χ1) is 7.51. The maximum atomic E-state index is 11.0. The van der Waals surface area contributed by atoms with Gasteiger partial charge in [-0.25, -0.2) is 0 Å². The molecule has 1 aliphatic rings. The molecule has 102 valence electrons. The van der Waals surface area contributed by atoms with Crippen molar-refractivity contribution < 1.29 is 15.4 Å². The fourth-order valence-corrected chi connectivity index (χ4v) is 2.55. The van der Waals surface area contributed by atoms with Crippen LogP contribution in [0.1, 0.15) is 30.7 Å². The Hall–Kier alpha value is -0.620. The molecule has 0 heterocycles. The number of hydrogen-bond acceptors (Lipinski definition) is 2. The van der Waals surface area contributed by atoms with Crippen LogP contribution in [0.3, 0.4) is 0 Å². The number of hydrogen-bond donors (Lipinski definition) is 2. The number of nitrogens with two attached hydrogens (primary N) is 1. The lowest BCUT2D eigenvalue weighted by Crippen LogP contribution is -2.45. The van der Waals surface area contributed by atoms with Crippen LogP contribution in [0.2, 0.25) is 0 Å². The molecule has 2 atom stereocenters. The van der Waals surface area contributed by atoms with Crippen molar-refractivity contribution in [1.29, 1.82) is 0 Å². The molecule has 0 amide bonds. The number of carboxylic acids is 1. The lowest BCUT2D eigenvalue weighted by Gasteiger charge is -2.18. The SMILES string of the molecule is Cl.NC1(C(=O)O)CCC(c2ccc(Br)cc2)C1.O. The molecule has 0 saturated heterocycles. The number of carbonyl (C=O) groups is 1. The van der Waals surface area contributed by atoms with Gasteiger partial charge in [-0.15, -0.1) is 12.4 Å². The summed E-state index contributed by atoms with van der Waals surface area (Å²) in [7, 11) is 0. The van der Waals surface area contributed by atoms with Gasteiger partial charge < -0.3 is 16.3 Å². The van der Waals surface area contributed by atoms with Crippen molar-refractivity contribution in [1.82, 2.24) is 0 Å². The molecule has 1 aromatic carbocycles. The highest BCUT2D eigenvalue weighted by Crippen LogP contribution is 2.39. The van der Waals surface area contributed by atoms with Crippen LogP contribution in [-0.4, -0.2) is 22.1 Å². The van der Waals surface area contributed by atoms with Crippen molar-refractivity contribution in [2.24, 2.45) is 5.73 Å². The summed E-state index contributed by atoms with van der Waals surface area (Å²) in [4.78, 5) is 11.0. The zero-order chi connectivity index (χ0) is 11.8. The summed E-state index contributed by atoms with van der Waals surface area (Å²) in [6.07, 6.45) is 1.94. The molecular formula is C12H17BrClNO3. The lowest BCUT2D eigenvalue weighted by atomic mass is 9.93. The summed E-state index contributed by atoms with van der Waals surface area (Å²) in [5.74, 6) is -0.610. The second kappa shape index (κ2) is 6.52. The molecule has 4 nitrogen and oxygen atoms in total. The van der Waals surface area contributed by atoms with Gasteiger partial charge in [0, 0.05) is 4.47 Å². The molecule has 0 radical (unpaired) electrons.